The summed E-state index contributed by atoms with van der Waals surface area (Å²) in [6, 6.07) is 1.51. The lowest BCUT2D eigenvalue weighted by atomic mass is 10.5. The standard InChI is InChI=1S/C8H14Cl2NO3P/c1-6(2)13-15(12,14-7(3)4)8(9,10)5-11/h6-7H,1-4H3. The van der Waals surface area contributed by atoms with Crippen LogP contribution < -0.4 is 0 Å². The van der Waals surface area contributed by atoms with Crippen molar-refractivity contribution in [3.63, 3.8) is 0 Å². The van der Waals surface area contributed by atoms with E-state index in [-0.39, 0.29) is 0 Å². The first kappa shape index (κ1) is 15.2. The lowest BCUT2D eigenvalue weighted by molar-refractivity contribution is 0.141. The minimum Gasteiger partial charge on any atom is -0.303 e. The van der Waals surface area contributed by atoms with Gasteiger partial charge in [0.2, 0.25) is 0 Å². The number of nitriles is 1. The summed E-state index contributed by atoms with van der Waals surface area (Å²) >= 11 is 11.2. The van der Waals surface area contributed by atoms with Crippen LogP contribution in [0.2, 0.25) is 0 Å². The number of rotatable bonds is 5. The Hall–Kier alpha value is 0.220. The topological polar surface area (TPSA) is 59.3 Å². The van der Waals surface area contributed by atoms with E-state index in [0.29, 0.717) is 0 Å². The van der Waals surface area contributed by atoms with Gasteiger partial charge in [-0.2, -0.15) is 5.26 Å². The van der Waals surface area contributed by atoms with Crippen LogP contribution in [-0.4, -0.2) is 16.3 Å². The summed E-state index contributed by atoms with van der Waals surface area (Å²) in [5, 5.41) is 8.71. The molecule has 0 rings (SSSR count). The molecular weight excluding hydrogens is 260 g/mol. The summed E-state index contributed by atoms with van der Waals surface area (Å²) in [5.41, 5.74) is 0. The Labute approximate surface area is 100.0 Å². The zero-order valence-corrected chi connectivity index (χ0v) is 11.4. The number of hydrogen-bond acceptors (Lipinski definition) is 4. The number of hydrogen-bond donors (Lipinski definition) is 0. The molecule has 4 nitrogen and oxygen atoms in total. The van der Waals surface area contributed by atoms with Gasteiger partial charge in [0.1, 0.15) is 6.07 Å². The van der Waals surface area contributed by atoms with Crippen LogP contribution >= 0.6 is 30.8 Å². The van der Waals surface area contributed by atoms with Crippen LogP contribution in [0.3, 0.4) is 0 Å². The highest BCUT2D eigenvalue weighted by Gasteiger charge is 2.51. The maximum absolute atomic E-state index is 12.2. The zero-order valence-electron chi connectivity index (χ0n) is 9.03. The second-order valence-electron chi connectivity index (χ2n) is 3.46. The predicted octanol–water partition coefficient (Wildman–Crippen LogP) is 3.68. The third-order valence-electron chi connectivity index (χ3n) is 1.18. The fourth-order valence-electron chi connectivity index (χ4n) is 0.774. The van der Waals surface area contributed by atoms with E-state index < -0.39 is 23.9 Å². The minimum atomic E-state index is -3.86. The molecule has 7 heteroatoms. The lowest BCUT2D eigenvalue weighted by Gasteiger charge is -2.27. The van der Waals surface area contributed by atoms with Crippen molar-refractivity contribution in [2.75, 3.05) is 0 Å². The molecule has 0 unspecified atom stereocenters. The molecule has 0 saturated carbocycles. The van der Waals surface area contributed by atoms with E-state index in [1.165, 1.54) is 6.07 Å². The van der Waals surface area contributed by atoms with Gasteiger partial charge in [-0.1, -0.05) is 23.2 Å². The van der Waals surface area contributed by atoms with Crippen molar-refractivity contribution >= 4 is 30.8 Å². The van der Waals surface area contributed by atoms with E-state index in [2.05, 4.69) is 0 Å². The van der Waals surface area contributed by atoms with Gasteiger partial charge in [0.05, 0.1) is 12.2 Å². The maximum Gasteiger partial charge on any atom is 0.381 e. The second kappa shape index (κ2) is 5.52. The van der Waals surface area contributed by atoms with Crippen LogP contribution in [0.1, 0.15) is 27.7 Å². The van der Waals surface area contributed by atoms with E-state index in [0.717, 1.165) is 0 Å². The van der Waals surface area contributed by atoms with Gasteiger partial charge >= 0.3 is 11.7 Å². The normalized spacial score (nSPS) is 13.3. The average Bonchev–Trinajstić information content (AvgIpc) is 2.00. The Kier molecular flexibility index (Phi) is 5.60. The Morgan fingerprint density at radius 1 is 1.20 bits per heavy atom. The molecule has 0 fully saturated rings. The smallest absolute Gasteiger partial charge is 0.303 e. The van der Waals surface area contributed by atoms with Crippen molar-refractivity contribution in [3.05, 3.63) is 0 Å². The molecule has 0 aliphatic carbocycles. The Morgan fingerprint density at radius 3 is 1.73 bits per heavy atom. The monoisotopic (exact) mass is 273 g/mol. The van der Waals surface area contributed by atoms with Gasteiger partial charge in [-0.3, -0.25) is 4.57 Å². The summed E-state index contributed by atoms with van der Waals surface area (Å²) in [7, 11) is -3.86. The highest BCUT2D eigenvalue weighted by atomic mass is 35.5. The van der Waals surface area contributed by atoms with E-state index >= 15 is 0 Å². The first-order chi connectivity index (χ1) is 6.64. The largest absolute Gasteiger partial charge is 0.381 e. The molecule has 0 aromatic rings. The molecule has 88 valence electrons. The van der Waals surface area contributed by atoms with Gasteiger partial charge in [0.15, 0.2) is 0 Å². The highest BCUT2D eigenvalue weighted by molar-refractivity contribution is 7.60. The molecular formula is C8H14Cl2NO3P. The third-order valence-corrected chi connectivity index (χ3v) is 4.78. The minimum absolute atomic E-state index is 0.403. The number of alkyl halides is 2. The summed E-state index contributed by atoms with van der Waals surface area (Å²) in [5.74, 6) is 0. The fourth-order valence-corrected chi connectivity index (χ4v) is 2.80. The van der Waals surface area contributed by atoms with Gasteiger partial charge in [-0.25, -0.2) is 0 Å². The Morgan fingerprint density at radius 2 is 1.53 bits per heavy atom. The van der Waals surface area contributed by atoms with Crippen molar-refractivity contribution in [1.82, 2.24) is 0 Å². The molecule has 0 atom stereocenters. The molecule has 0 spiro atoms. The summed E-state index contributed by atoms with van der Waals surface area (Å²) < 4.78 is 20.1. The molecule has 0 aliphatic heterocycles. The van der Waals surface area contributed by atoms with Crippen LogP contribution in [0.25, 0.3) is 0 Å². The lowest BCUT2D eigenvalue weighted by Crippen LogP contribution is -2.20. The first-order valence-electron chi connectivity index (χ1n) is 4.40. The predicted molar refractivity (Wildman–Crippen MR) is 60.1 cm³/mol. The van der Waals surface area contributed by atoms with Crippen LogP contribution in [-0.2, 0) is 13.6 Å². The Balaban J connectivity index is 5.05. The van der Waals surface area contributed by atoms with Crippen molar-refractivity contribution in [2.45, 2.75) is 44.0 Å². The molecule has 0 radical (unpaired) electrons. The summed E-state index contributed by atoms with van der Waals surface area (Å²) in [6.07, 6.45) is -0.806. The molecule has 15 heavy (non-hydrogen) atoms. The summed E-state index contributed by atoms with van der Waals surface area (Å²) in [4.78, 5) is 0. The molecule has 0 aromatic carbocycles. The number of halogens is 2. The SMILES string of the molecule is CC(C)OP(=O)(OC(C)C)C(Cl)(Cl)C#N. The molecule has 0 bridgehead atoms. The first-order valence-corrected chi connectivity index (χ1v) is 6.70. The van der Waals surface area contributed by atoms with Gasteiger partial charge in [0.25, 0.3) is 0 Å². The van der Waals surface area contributed by atoms with Crippen molar-refractivity contribution in [2.24, 2.45) is 0 Å². The zero-order chi connectivity index (χ0) is 12.3. The molecule has 0 heterocycles. The molecule has 0 N–H and O–H groups in total. The number of nitrogens with zero attached hydrogens (tertiary/aromatic N) is 1. The van der Waals surface area contributed by atoms with Crippen LogP contribution in [0, 0.1) is 11.3 Å². The van der Waals surface area contributed by atoms with Gasteiger partial charge in [-0.05, 0) is 27.7 Å². The van der Waals surface area contributed by atoms with Gasteiger partial charge < -0.3 is 9.05 Å². The maximum atomic E-state index is 12.2. The van der Waals surface area contributed by atoms with Crippen LogP contribution in [0.15, 0.2) is 0 Å². The van der Waals surface area contributed by atoms with E-state index in [1.807, 2.05) is 0 Å². The third kappa shape index (κ3) is 4.30. The van der Waals surface area contributed by atoms with Crippen LogP contribution in [0.4, 0.5) is 0 Å². The van der Waals surface area contributed by atoms with Gasteiger partial charge in [-0.15, -0.1) is 0 Å². The molecule has 0 saturated heterocycles. The Bertz CT molecular complexity index is 285. The fraction of sp³-hybridized carbons (Fsp3) is 0.875. The molecule has 0 amide bonds. The second-order valence-corrected chi connectivity index (χ2v) is 7.40. The van der Waals surface area contributed by atoms with Gasteiger partial charge in [0, 0.05) is 0 Å². The molecule has 0 aromatic heterocycles. The van der Waals surface area contributed by atoms with Crippen molar-refractivity contribution in [3.8, 4) is 6.07 Å². The average molecular weight is 274 g/mol. The molecule has 0 aliphatic rings. The van der Waals surface area contributed by atoms with E-state index in [1.54, 1.807) is 27.7 Å². The quantitative estimate of drug-likeness (QED) is 0.566. The van der Waals surface area contributed by atoms with Crippen LogP contribution in [0.5, 0.6) is 0 Å². The summed E-state index contributed by atoms with van der Waals surface area (Å²) in [6.45, 7) is 6.60. The van der Waals surface area contributed by atoms with Crippen molar-refractivity contribution < 1.29 is 13.6 Å². The van der Waals surface area contributed by atoms with Crippen molar-refractivity contribution in [1.29, 1.82) is 5.26 Å². The highest BCUT2D eigenvalue weighted by Crippen LogP contribution is 2.65. The van der Waals surface area contributed by atoms with E-state index in [4.69, 9.17) is 37.5 Å². The van der Waals surface area contributed by atoms with E-state index in [9.17, 15) is 4.57 Å².